The molecule has 2 aromatic carbocycles. The fraction of sp³-hybridized carbons (Fsp3) is 0.211. The van der Waals surface area contributed by atoms with Crippen LogP contribution < -0.4 is 0 Å². The van der Waals surface area contributed by atoms with Gasteiger partial charge in [0.2, 0.25) is 0 Å². The molecule has 3 rings (SSSR count). The number of terminal acetylenes is 1. The second-order valence-corrected chi connectivity index (χ2v) is 7.86. The molecule has 1 atom stereocenters. The van der Waals surface area contributed by atoms with Crippen molar-refractivity contribution in [2.75, 3.05) is 19.3 Å². The molecule has 0 bridgehead atoms. The highest BCUT2D eigenvalue weighted by Gasteiger charge is 2.41. The molecule has 0 saturated heterocycles. The minimum atomic E-state index is -3.37. The number of hydrogen-bond donors (Lipinski definition) is 0. The van der Waals surface area contributed by atoms with Crippen molar-refractivity contribution in [1.82, 2.24) is 5.01 Å². The maximum absolute atomic E-state index is 12.3. The van der Waals surface area contributed by atoms with Gasteiger partial charge in [-0.2, -0.15) is 5.10 Å². The maximum Gasteiger partial charge on any atom is 0.175 e. The average molecular weight is 338 g/mol. The summed E-state index contributed by atoms with van der Waals surface area (Å²) in [6, 6.07) is 16.9. The summed E-state index contributed by atoms with van der Waals surface area (Å²) in [5, 5.41) is 6.21. The van der Waals surface area contributed by atoms with Gasteiger partial charge >= 0.3 is 0 Å². The van der Waals surface area contributed by atoms with E-state index < -0.39 is 15.3 Å². The van der Waals surface area contributed by atoms with Crippen LogP contribution in [0.2, 0.25) is 0 Å². The van der Waals surface area contributed by atoms with Crippen molar-refractivity contribution in [2.24, 2.45) is 5.10 Å². The van der Waals surface area contributed by atoms with Gasteiger partial charge in [0.1, 0.15) is 0 Å². The summed E-state index contributed by atoms with van der Waals surface area (Å²) >= 11 is 0. The van der Waals surface area contributed by atoms with Crippen molar-refractivity contribution >= 4 is 16.1 Å². The third-order valence-electron chi connectivity index (χ3n) is 4.20. The minimum Gasteiger partial charge on any atom is -0.284 e. The maximum atomic E-state index is 12.3. The van der Waals surface area contributed by atoms with Gasteiger partial charge in [0, 0.05) is 12.5 Å². The van der Waals surface area contributed by atoms with Crippen LogP contribution in [0.25, 0.3) is 0 Å². The van der Waals surface area contributed by atoms with Crippen LogP contribution in [0, 0.1) is 12.3 Å². The molecule has 122 valence electrons. The number of sulfone groups is 1. The molecule has 5 heteroatoms. The Morgan fingerprint density at radius 1 is 1.17 bits per heavy atom. The first-order valence-corrected chi connectivity index (χ1v) is 9.45. The molecule has 0 radical (unpaired) electrons. The molecule has 0 aromatic heterocycles. The smallest absolute Gasteiger partial charge is 0.175 e. The number of hydrogen-bond acceptors (Lipinski definition) is 4. The van der Waals surface area contributed by atoms with Crippen LogP contribution in [-0.2, 0) is 15.3 Å². The molecule has 0 fully saturated rings. The second-order valence-electron chi connectivity index (χ2n) is 5.88. The van der Waals surface area contributed by atoms with E-state index in [1.807, 2.05) is 48.7 Å². The predicted octanol–water partition coefficient (Wildman–Crippen LogP) is 2.31. The Morgan fingerprint density at radius 2 is 1.83 bits per heavy atom. The van der Waals surface area contributed by atoms with E-state index in [2.05, 4.69) is 11.0 Å². The van der Waals surface area contributed by atoms with Gasteiger partial charge in [-0.3, -0.25) is 5.01 Å². The summed E-state index contributed by atoms with van der Waals surface area (Å²) in [6.45, 7) is 0.889. The Balaban J connectivity index is 2.23. The Bertz CT molecular complexity index is 914. The first-order valence-electron chi connectivity index (χ1n) is 7.56. The molecular weight excluding hydrogens is 320 g/mol. The second kappa shape index (κ2) is 6.14. The van der Waals surface area contributed by atoms with Gasteiger partial charge in [-0.1, -0.05) is 54.5 Å². The summed E-state index contributed by atoms with van der Waals surface area (Å²) in [5.41, 5.74) is 1.07. The SMILES string of the molecule is C#CCN1CC(c2ccccc2)(c2ccccc2S(C)(=O)=O)C=N1. The fourth-order valence-electron chi connectivity index (χ4n) is 3.12. The topological polar surface area (TPSA) is 49.7 Å². The largest absolute Gasteiger partial charge is 0.284 e. The standard InChI is InChI=1S/C19H18N2O2S/c1-3-13-21-15-19(14-20-21,16-9-5-4-6-10-16)17-11-7-8-12-18(17)24(2,22)23/h1,4-12,14H,13,15H2,2H3. The molecule has 4 nitrogen and oxygen atoms in total. The molecule has 1 unspecified atom stereocenters. The Kier molecular flexibility index (Phi) is 4.16. The van der Waals surface area contributed by atoms with Crippen molar-refractivity contribution in [3.63, 3.8) is 0 Å². The van der Waals surface area contributed by atoms with E-state index in [0.29, 0.717) is 18.0 Å². The highest BCUT2D eigenvalue weighted by Crippen LogP contribution is 2.38. The quantitative estimate of drug-likeness (QED) is 0.804. The Hall–Kier alpha value is -2.58. The molecule has 0 N–H and O–H groups in total. The van der Waals surface area contributed by atoms with Crippen LogP contribution in [0.3, 0.4) is 0 Å². The van der Waals surface area contributed by atoms with Gasteiger partial charge in [-0.15, -0.1) is 6.42 Å². The Morgan fingerprint density at radius 3 is 2.50 bits per heavy atom. The highest BCUT2D eigenvalue weighted by molar-refractivity contribution is 7.90. The van der Waals surface area contributed by atoms with E-state index in [1.54, 1.807) is 17.1 Å². The first-order chi connectivity index (χ1) is 11.5. The summed E-state index contributed by atoms with van der Waals surface area (Å²) in [7, 11) is -3.37. The monoisotopic (exact) mass is 338 g/mol. The summed E-state index contributed by atoms with van der Waals surface area (Å²) in [6.07, 6.45) is 8.45. The van der Waals surface area contributed by atoms with Crippen LogP contribution in [0.15, 0.2) is 64.6 Å². The van der Waals surface area contributed by atoms with Crippen molar-refractivity contribution in [3.05, 3.63) is 65.7 Å². The van der Waals surface area contributed by atoms with Gasteiger partial charge in [0.15, 0.2) is 9.84 Å². The van der Waals surface area contributed by atoms with Gasteiger partial charge in [0.25, 0.3) is 0 Å². The lowest BCUT2D eigenvalue weighted by atomic mass is 9.75. The van der Waals surface area contributed by atoms with E-state index >= 15 is 0 Å². The first kappa shape index (κ1) is 16.3. The van der Waals surface area contributed by atoms with Crippen molar-refractivity contribution in [1.29, 1.82) is 0 Å². The lowest BCUT2D eigenvalue weighted by Gasteiger charge is -2.30. The third-order valence-corrected chi connectivity index (χ3v) is 5.36. The zero-order chi connectivity index (χ0) is 17.2. The van der Waals surface area contributed by atoms with E-state index in [1.165, 1.54) is 6.26 Å². The molecule has 1 aliphatic rings. The number of rotatable bonds is 4. The zero-order valence-corrected chi connectivity index (χ0v) is 14.2. The Labute approximate surface area is 142 Å². The number of hydrazone groups is 1. The molecule has 24 heavy (non-hydrogen) atoms. The van der Waals surface area contributed by atoms with Crippen molar-refractivity contribution in [3.8, 4) is 12.3 Å². The van der Waals surface area contributed by atoms with Crippen molar-refractivity contribution < 1.29 is 8.42 Å². The van der Waals surface area contributed by atoms with Gasteiger partial charge in [-0.25, -0.2) is 8.42 Å². The minimum absolute atomic E-state index is 0.322. The van der Waals surface area contributed by atoms with E-state index in [4.69, 9.17) is 6.42 Å². The van der Waals surface area contributed by atoms with Gasteiger partial charge in [-0.05, 0) is 17.2 Å². The lowest BCUT2D eigenvalue weighted by Crippen LogP contribution is -2.36. The third kappa shape index (κ3) is 2.81. The molecule has 0 aliphatic carbocycles. The van der Waals surface area contributed by atoms with Crippen LogP contribution in [0.5, 0.6) is 0 Å². The molecule has 1 heterocycles. The molecule has 1 aliphatic heterocycles. The van der Waals surface area contributed by atoms with E-state index in [-0.39, 0.29) is 0 Å². The van der Waals surface area contributed by atoms with Crippen molar-refractivity contribution in [2.45, 2.75) is 10.3 Å². The normalized spacial score (nSPS) is 20.1. The predicted molar refractivity (Wildman–Crippen MR) is 95.7 cm³/mol. The van der Waals surface area contributed by atoms with Crippen LogP contribution in [0.4, 0.5) is 0 Å². The lowest BCUT2D eigenvalue weighted by molar-refractivity contribution is 0.327. The van der Waals surface area contributed by atoms with Gasteiger partial charge in [0.05, 0.1) is 23.4 Å². The molecule has 0 spiro atoms. The fourth-order valence-corrected chi connectivity index (χ4v) is 4.10. The molecule has 0 saturated carbocycles. The van der Waals surface area contributed by atoms with E-state index in [9.17, 15) is 8.42 Å². The summed E-state index contributed by atoms with van der Waals surface area (Å²) < 4.78 is 24.6. The van der Waals surface area contributed by atoms with Crippen LogP contribution in [0.1, 0.15) is 11.1 Å². The molecule has 0 amide bonds. The average Bonchev–Trinajstić information content (AvgIpc) is 3.00. The number of nitrogens with zero attached hydrogens (tertiary/aromatic N) is 2. The summed E-state index contributed by atoms with van der Waals surface area (Å²) in [5.74, 6) is 2.59. The molecular formula is C19H18N2O2S. The van der Waals surface area contributed by atoms with Gasteiger partial charge < -0.3 is 0 Å². The molecule has 2 aromatic rings. The van der Waals surface area contributed by atoms with Crippen LogP contribution >= 0.6 is 0 Å². The van der Waals surface area contributed by atoms with Crippen LogP contribution in [-0.4, -0.2) is 39.0 Å². The zero-order valence-electron chi connectivity index (χ0n) is 13.4. The number of benzene rings is 2. The van der Waals surface area contributed by atoms with E-state index in [0.717, 1.165) is 11.1 Å². The highest BCUT2D eigenvalue weighted by atomic mass is 32.2. The summed E-state index contributed by atoms with van der Waals surface area (Å²) in [4.78, 5) is 0.322.